The number of nitrogens with one attached hydrogen (secondary N) is 1. The van der Waals surface area contributed by atoms with Gasteiger partial charge in [0.25, 0.3) is 0 Å². The van der Waals surface area contributed by atoms with Crippen molar-refractivity contribution in [3.05, 3.63) is 0 Å². The molecular formula is C14H24N2. The molecule has 90 valence electrons. The molecule has 0 bridgehead atoms. The van der Waals surface area contributed by atoms with Gasteiger partial charge in [-0.15, -0.1) is 0 Å². The van der Waals surface area contributed by atoms with Gasteiger partial charge in [0.15, 0.2) is 0 Å². The minimum Gasteiger partial charge on any atom is -0.299 e. The van der Waals surface area contributed by atoms with Crippen LogP contribution in [0.3, 0.4) is 0 Å². The van der Waals surface area contributed by atoms with Crippen molar-refractivity contribution in [1.82, 2.24) is 5.32 Å². The first-order valence-electron chi connectivity index (χ1n) is 6.81. The second kappa shape index (κ2) is 4.75. The van der Waals surface area contributed by atoms with Crippen molar-refractivity contribution in [2.45, 2.75) is 57.9 Å². The van der Waals surface area contributed by atoms with E-state index in [9.17, 15) is 5.26 Å². The Hall–Kier alpha value is -0.550. The molecule has 16 heavy (non-hydrogen) atoms. The smallest absolute Gasteiger partial charge is 0.107 e. The lowest BCUT2D eigenvalue weighted by Gasteiger charge is -2.37. The topological polar surface area (TPSA) is 35.8 Å². The highest BCUT2D eigenvalue weighted by molar-refractivity contribution is 5.11. The van der Waals surface area contributed by atoms with Crippen molar-refractivity contribution in [3.8, 4) is 6.07 Å². The van der Waals surface area contributed by atoms with Gasteiger partial charge in [0.1, 0.15) is 5.54 Å². The van der Waals surface area contributed by atoms with Crippen LogP contribution in [0.4, 0.5) is 0 Å². The normalized spacial score (nSPS) is 35.0. The Morgan fingerprint density at radius 3 is 2.62 bits per heavy atom. The standard InChI is InChI=1S/C14H24N2/c1-11(2)9-16-14(10-15)7-3-4-13(8-14)12-5-6-12/h11-13,16H,3-9H2,1-2H3. The third kappa shape index (κ3) is 2.77. The number of nitrogens with zero attached hydrogens (tertiary/aromatic N) is 1. The van der Waals surface area contributed by atoms with Gasteiger partial charge in [-0.1, -0.05) is 20.3 Å². The molecule has 2 unspecified atom stereocenters. The predicted octanol–water partition coefficient (Wildman–Crippen LogP) is 3.09. The molecule has 0 amide bonds. The zero-order chi connectivity index (χ0) is 11.6. The Morgan fingerprint density at radius 1 is 1.31 bits per heavy atom. The van der Waals surface area contributed by atoms with E-state index in [0.717, 1.165) is 31.2 Å². The van der Waals surface area contributed by atoms with Crippen molar-refractivity contribution in [3.63, 3.8) is 0 Å². The zero-order valence-corrected chi connectivity index (χ0v) is 10.6. The summed E-state index contributed by atoms with van der Waals surface area (Å²) in [6.45, 7) is 5.39. The molecule has 2 aliphatic carbocycles. The molecule has 2 atom stereocenters. The minimum absolute atomic E-state index is 0.199. The molecule has 2 heteroatoms. The van der Waals surface area contributed by atoms with Crippen LogP contribution in [0.15, 0.2) is 0 Å². The van der Waals surface area contributed by atoms with E-state index in [1.807, 2.05) is 0 Å². The van der Waals surface area contributed by atoms with Gasteiger partial charge in [-0.2, -0.15) is 5.26 Å². The summed E-state index contributed by atoms with van der Waals surface area (Å²) in [7, 11) is 0. The van der Waals surface area contributed by atoms with Crippen LogP contribution in [0.25, 0.3) is 0 Å². The van der Waals surface area contributed by atoms with E-state index in [1.165, 1.54) is 25.7 Å². The molecule has 0 aromatic carbocycles. The van der Waals surface area contributed by atoms with Gasteiger partial charge in [-0.3, -0.25) is 5.32 Å². The fourth-order valence-corrected chi connectivity index (χ4v) is 2.99. The molecule has 2 saturated carbocycles. The molecule has 0 radical (unpaired) electrons. The van der Waals surface area contributed by atoms with Crippen LogP contribution in [0, 0.1) is 29.1 Å². The molecule has 0 aliphatic heterocycles. The molecule has 2 fully saturated rings. The van der Waals surface area contributed by atoms with E-state index in [-0.39, 0.29) is 5.54 Å². The first kappa shape index (κ1) is 11.9. The Labute approximate surface area is 99.4 Å². The molecule has 0 aromatic heterocycles. The van der Waals surface area contributed by atoms with Gasteiger partial charge in [0, 0.05) is 0 Å². The van der Waals surface area contributed by atoms with Crippen LogP contribution in [-0.2, 0) is 0 Å². The van der Waals surface area contributed by atoms with E-state index in [1.54, 1.807) is 0 Å². The van der Waals surface area contributed by atoms with E-state index in [2.05, 4.69) is 25.2 Å². The summed E-state index contributed by atoms with van der Waals surface area (Å²) < 4.78 is 0. The first-order chi connectivity index (χ1) is 7.65. The highest BCUT2D eigenvalue weighted by Crippen LogP contribution is 2.46. The first-order valence-corrected chi connectivity index (χ1v) is 6.81. The fraction of sp³-hybridized carbons (Fsp3) is 0.929. The Balaban J connectivity index is 1.93. The molecule has 0 saturated heterocycles. The highest BCUT2D eigenvalue weighted by Gasteiger charge is 2.41. The summed E-state index contributed by atoms with van der Waals surface area (Å²) in [6.07, 6.45) is 7.57. The lowest BCUT2D eigenvalue weighted by Crippen LogP contribution is -2.49. The largest absolute Gasteiger partial charge is 0.299 e. The number of hydrogen-bond donors (Lipinski definition) is 1. The third-order valence-corrected chi connectivity index (χ3v) is 4.14. The van der Waals surface area contributed by atoms with Crippen molar-refractivity contribution < 1.29 is 0 Å². The summed E-state index contributed by atoms with van der Waals surface area (Å²) in [5.41, 5.74) is -0.199. The van der Waals surface area contributed by atoms with E-state index >= 15 is 0 Å². The zero-order valence-electron chi connectivity index (χ0n) is 10.6. The summed E-state index contributed by atoms with van der Waals surface area (Å²) in [4.78, 5) is 0. The van der Waals surface area contributed by atoms with Crippen molar-refractivity contribution in [2.75, 3.05) is 6.54 Å². The molecule has 2 nitrogen and oxygen atoms in total. The molecular weight excluding hydrogens is 196 g/mol. The quantitative estimate of drug-likeness (QED) is 0.790. The second-order valence-corrected chi connectivity index (χ2v) is 6.16. The molecule has 1 N–H and O–H groups in total. The van der Waals surface area contributed by atoms with Gasteiger partial charge in [-0.25, -0.2) is 0 Å². The van der Waals surface area contributed by atoms with Crippen LogP contribution in [0.5, 0.6) is 0 Å². The average Bonchev–Trinajstić information content (AvgIpc) is 3.11. The Kier molecular flexibility index (Phi) is 3.54. The van der Waals surface area contributed by atoms with Gasteiger partial charge < -0.3 is 0 Å². The van der Waals surface area contributed by atoms with Crippen LogP contribution >= 0.6 is 0 Å². The van der Waals surface area contributed by atoms with Crippen LogP contribution < -0.4 is 5.32 Å². The van der Waals surface area contributed by atoms with E-state index < -0.39 is 0 Å². The number of rotatable bonds is 4. The molecule has 0 heterocycles. The third-order valence-electron chi connectivity index (χ3n) is 4.14. The molecule has 0 spiro atoms. The average molecular weight is 220 g/mol. The maximum absolute atomic E-state index is 9.46. The molecule has 2 aliphatic rings. The van der Waals surface area contributed by atoms with Crippen LogP contribution in [0.2, 0.25) is 0 Å². The van der Waals surface area contributed by atoms with E-state index in [0.29, 0.717) is 5.92 Å². The summed E-state index contributed by atoms with van der Waals surface area (Å²) in [6, 6.07) is 2.57. The fourth-order valence-electron chi connectivity index (χ4n) is 2.99. The number of hydrogen-bond acceptors (Lipinski definition) is 2. The monoisotopic (exact) mass is 220 g/mol. The minimum atomic E-state index is -0.199. The van der Waals surface area contributed by atoms with Crippen LogP contribution in [0.1, 0.15) is 52.4 Å². The van der Waals surface area contributed by atoms with Crippen molar-refractivity contribution in [1.29, 1.82) is 5.26 Å². The van der Waals surface area contributed by atoms with Gasteiger partial charge in [-0.05, 0) is 56.4 Å². The summed E-state index contributed by atoms with van der Waals surface area (Å²) in [5.74, 6) is 2.41. The molecule has 0 aromatic rings. The Morgan fingerprint density at radius 2 is 2.06 bits per heavy atom. The van der Waals surface area contributed by atoms with Gasteiger partial charge >= 0.3 is 0 Å². The lowest BCUT2D eigenvalue weighted by molar-refractivity contribution is 0.206. The SMILES string of the molecule is CC(C)CNC1(C#N)CCCC(C2CC2)C1. The Bertz CT molecular complexity index is 275. The lowest BCUT2D eigenvalue weighted by atomic mass is 9.74. The summed E-state index contributed by atoms with van der Waals surface area (Å²) in [5, 5.41) is 13.0. The summed E-state index contributed by atoms with van der Waals surface area (Å²) >= 11 is 0. The van der Waals surface area contributed by atoms with Crippen LogP contribution in [-0.4, -0.2) is 12.1 Å². The maximum atomic E-state index is 9.46. The van der Waals surface area contributed by atoms with Crippen molar-refractivity contribution >= 4 is 0 Å². The maximum Gasteiger partial charge on any atom is 0.107 e. The highest BCUT2D eigenvalue weighted by atomic mass is 15.0. The van der Waals surface area contributed by atoms with Gasteiger partial charge in [0.05, 0.1) is 6.07 Å². The number of nitriles is 1. The molecule has 2 rings (SSSR count). The predicted molar refractivity (Wildman–Crippen MR) is 65.9 cm³/mol. The van der Waals surface area contributed by atoms with E-state index in [4.69, 9.17) is 0 Å². The van der Waals surface area contributed by atoms with Gasteiger partial charge in [0.2, 0.25) is 0 Å². The second-order valence-electron chi connectivity index (χ2n) is 6.16. The van der Waals surface area contributed by atoms with Crippen molar-refractivity contribution in [2.24, 2.45) is 17.8 Å².